The topological polar surface area (TPSA) is 21.3 Å². The molecular formula is C10H8BrF6NO. The van der Waals surface area contributed by atoms with Gasteiger partial charge in [-0.25, -0.2) is 0 Å². The fraction of sp³-hybridized carbons (Fsp3) is 0.400. The minimum atomic E-state index is -4.75. The minimum absolute atomic E-state index is 0.0568. The summed E-state index contributed by atoms with van der Waals surface area (Å²) in [5.41, 5.74) is -0.851. The van der Waals surface area contributed by atoms with Crippen molar-refractivity contribution in [2.75, 3.05) is 18.5 Å². The Labute approximate surface area is 112 Å². The molecule has 0 bridgehead atoms. The van der Waals surface area contributed by atoms with Crippen molar-refractivity contribution >= 4 is 21.6 Å². The third-order valence-electron chi connectivity index (χ3n) is 1.97. The average Bonchev–Trinajstić information content (AvgIpc) is 2.23. The van der Waals surface area contributed by atoms with Crippen molar-refractivity contribution in [3.8, 4) is 0 Å². The maximum atomic E-state index is 12.5. The van der Waals surface area contributed by atoms with E-state index in [0.29, 0.717) is 0 Å². The standard InChI is InChI=1S/C10H8BrF6NO/c11-8-2-1-6(5-7(8)9(12,13)14)18-3-4-19-10(15,16)17/h1-2,5,18H,3-4H2. The van der Waals surface area contributed by atoms with Crippen LogP contribution in [0.4, 0.5) is 32.0 Å². The molecule has 9 heteroatoms. The van der Waals surface area contributed by atoms with E-state index in [4.69, 9.17) is 0 Å². The van der Waals surface area contributed by atoms with Crippen molar-refractivity contribution in [1.29, 1.82) is 0 Å². The lowest BCUT2D eigenvalue weighted by Gasteiger charge is -2.13. The number of hydrogen-bond acceptors (Lipinski definition) is 2. The first-order valence-corrected chi connectivity index (χ1v) is 5.70. The Hall–Kier alpha value is -0.960. The molecule has 0 saturated carbocycles. The van der Waals surface area contributed by atoms with Crippen molar-refractivity contribution in [3.05, 3.63) is 28.2 Å². The van der Waals surface area contributed by atoms with Gasteiger partial charge in [-0.2, -0.15) is 13.2 Å². The van der Waals surface area contributed by atoms with E-state index in [9.17, 15) is 26.3 Å². The minimum Gasteiger partial charge on any atom is -0.383 e. The van der Waals surface area contributed by atoms with Gasteiger partial charge in [0, 0.05) is 16.7 Å². The van der Waals surface area contributed by atoms with Crippen LogP contribution < -0.4 is 5.32 Å². The van der Waals surface area contributed by atoms with Gasteiger partial charge in [-0.15, -0.1) is 13.2 Å². The predicted octanol–water partition coefficient (Wildman–Crippen LogP) is 4.42. The van der Waals surface area contributed by atoms with E-state index in [1.54, 1.807) is 0 Å². The van der Waals surface area contributed by atoms with Crippen LogP contribution in [0.15, 0.2) is 22.7 Å². The van der Waals surface area contributed by atoms with Crippen LogP contribution in [0.5, 0.6) is 0 Å². The summed E-state index contributed by atoms with van der Waals surface area (Å²) in [6, 6.07) is 3.28. The van der Waals surface area contributed by atoms with Crippen LogP contribution in [-0.2, 0) is 10.9 Å². The summed E-state index contributed by atoms with van der Waals surface area (Å²) in [6.07, 6.45) is -9.29. The van der Waals surface area contributed by atoms with Gasteiger partial charge >= 0.3 is 12.5 Å². The molecule has 1 rings (SSSR count). The number of hydrogen-bond donors (Lipinski definition) is 1. The number of rotatable bonds is 4. The highest BCUT2D eigenvalue weighted by Crippen LogP contribution is 2.36. The zero-order valence-electron chi connectivity index (χ0n) is 9.20. The van der Waals surface area contributed by atoms with E-state index >= 15 is 0 Å². The van der Waals surface area contributed by atoms with Crippen molar-refractivity contribution in [3.63, 3.8) is 0 Å². The Balaban J connectivity index is 2.61. The van der Waals surface area contributed by atoms with E-state index in [2.05, 4.69) is 26.0 Å². The Kier molecular flexibility index (Phi) is 5.08. The van der Waals surface area contributed by atoms with Crippen LogP contribution in [0.25, 0.3) is 0 Å². The molecule has 1 aromatic carbocycles. The van der Waals surface area contributed by atoms with Crippen LogP contribution in [0, 0.1) is 0 Å². The quantitative estimate of drug-likeness (QED) is 0.640. The third kappa shape index (κ3) is 5.68. The Bertz CT molecular complexity index is 431. The summed E-state index contributed by atoms with van der Waals surface area (Å²) in [5, 5.41) is 2.41. The first-order chi connectivity index (χ1) is 8.59. The molecule has 0 aliphatic rings. The lowest BCUT2D eigenvalue weighted by molar-refractivity contribution is -0.322. The van der Waals surface area contributed by atoms with Crippen LogP contribution in [0.2, 0.25) is 0 Å². The summed E-state index contributed by atoms with van der Waals surface area (Å²) in [7, 11) is 0. The zero-order chi connectivity index (χ0) is 14.7. The monoisotopic (exact) mass is 351 g/mol. The summed E-state index contributed by atoms with van der Waals surface area (Å²) in [5.74, 6) is 0. The van der Waals surface area contributed by atoms with Crippen LogP contribution >= 0.6 is 15.9 Å². The molecule has 108 valence electrons. The van der Waals surface area contributed by atoms with Gasteiger partial charge in [-0.05, 0) is 18.2 Å². The summed E-state index contributed by atoms with van der Waals surface area (Å²) >= 11 is 2.75. The maximum Gasteiger partial charge on any atom is 0.522 e. The normalized spacial score (nSPS) is 12.6. The molecule has 1 aromatic rings. The molecule has 1 N–H and O–H groups in total. The second-order valence-electron chi connectivity index (χ2n) is 3.41. The average molecular weight is 352 g/mol. The number of benzene rings is 1. The van der Waals surface area contributed by atoms with Gasteiger partial charge < -0.3 is 5.32 Å². The van der Waals surface area contributed by atoms with Crippen molar-refractivity contribution in [1.82, 2.24) is 0 Å². The van der Waals surface area contributed by atoms with Gasteiger partial charge in [0.15, 0.2) is 0 Å². The predicted molar refractivity (Wildman–Crippen MR) is 59.6 cm³/mol. The molecule has 0 spiro atoms. The smallest absolute Gasteiger partial charge is 0.383 e. The molecule has 0 radical (unpaired) electrons. The van der Waals surface area contributed by atoms with Crippen LogP contribution in [0.3, 0.4) is 0 Å². The number of halogens is 7. The lowest BCUT2D eigenvalue weighted by Crippen LogP contribution is -2.19. The molecule has 0 heterocycles. The molecule has 0 fully saturated rings. The summed E-state index contributed by atoms with van der Waals surface area (Å²) in [6.45, 7) is -0.959. The zero-order valence-corrected chi connectivity index (χ0v) is 10.8. The molecular weight excluding hydrogens is 344 g/mol. The number of ether oxygens (including phenoxy) is 1. The van der Waals surface area contributed by atoms with Crippen molar-refractivity contribution < 1.29 is 31.1 Å². The Morgan fingerprint density at radius 2 is 1.74 bits per heavy atom. The maximum absolute atomic E-state index is 12.5. The molecule has 0 aliphatic carbocycles. The number of nitrogens with one attached hydrogen (secondary N) is 1. The second kappa shape index (κ2) is 6.00. The molecule has 2 nitrogen and oxygen atoms in total. The summed E-state index contributed by atoms with van der Waals surface area (Å²) < 4.78 is 75.9. The van der Waals surface area contributed by atoms with E-state index in [1.165, 1.54) is 6.07 Å². The van der Waals surface area contributed by atoms with Crippen molar-refractivity contribution in [2.24, 2.45) is 0 Å². The fourth-order valence-electron chi connectivity index (χ4n) is 1.21. The highest BCUT2D eigenvalue weighted by molar-refractivity contribution is 9.10. The molecule has 0 unspecified atom stereocenters. The van der Waals surface area contributed by atoms with Crippen LogP contribution in [-0.4, -0.2) is 19.5 Å². The van der Waals surface area contributed by atoms with Gasteiger partial charge in [0.1, 0.15) is 0 Å². The van der Waals surface area contributed by atoms with Crippen molar-refractivity contribution in [2.45, 2.75) is 12.5 Å². The van der Waals surface area contributed by atoms with E-state index < -0.39 is 24.7 Å². The first kappa shape index (κ1) is 16.1. The SMILES string of the molecule is FC(F)(F)OCCNc1ccc(Br)c(C(F)(F)F)c1. The van der Waals surface area contributed by atoms with Gasteiger partial charge in [0.05, 0.1) is 12.2 Å². The molecule has 0 aliphatic heterocycles. The van der Waals surface area contributed by atoms with E-state index in [1.807, 2.05) is 0 Å². The Morgan fingerprint density at radius 3 is 2.26 bits per heavy atom. The second-order valence-corrected chi connectivity index (χ2v) is 4.27. The number of alkyl halides is 6. The van der Waals surface area contributed by atoms with Gasteiger partial charge in [0.25, 0.3) is 0 Å². The molecule has 0 amide bonds. The third-order valence-corrected chi connectivity index (χ3v) is 2.66. The molecule has 0 saturated heterocycles. The fourth-order valence-corrected chi connectivity index (χ4v) is 1.69. The number of anilines is 1. The van der Waals surface area contributed by atoms with Gasteiger partial charge in [-0.1, -0.05) is 15.9 Å². The summed E-state index contributed by atoms with van der Waals surface area (Å²) in [4.78, 5) is 0. The first-order valence-electron chi connectivity index (χ1n) is 4.91. The molecule has 0 aromatic heterocycles. The Morgan fingerprint density at radius 1 is 1.11 bits per heavy atom. The lowest BCUT2D eigenvalue weighted by atomic mass is 10.2. The highest BCUT2D eigenvalue weighted by Gasteiger charge is 2.33. The van der Waals surface area contributed by atoms with E-state index in [0.717, 1.165) is 12.1 Å². The van der Waals surface area contributed by atoms with Gasteiger partial charge in [-0.3, -0.25) is 4.74 Å². The van der Waals surface area contributed by atoms with Crippen LogP contribution in [0.1, 0.15) is 5.56 Å². The molecule has 19 heavy (non-hydrogen) atoms. The molecule has 0 atom stereocenters. The van der Waals surface area contributed by atoms with Gasteiger partial charge in [0.2, 0.25) is 0 Å². The largest absolute Gasteiger partial charge is 0.522 e. The highest BCUT2D eigenvalue weighted by atomic mass is 79.9. The van der Waals surface area contributed by atoms with E-state index in [-0.39, 0.29) is 16.7 Å².